The number of rotatable bonds is 6. The number of ether oxygens (including phenoxy) is 1. The summed E-state index contributed by atoms with van der Waals surface area (Å²) in [5.74, 6) is 0.415. The molecule has 0 bridgehead atoms. The first-order chi connectivity index (χ1) is 15.5. The fourth-order valence-electron chi connectivity index (χ4n) is 3.84. The number of amides is 2. The highest BCUT2D eigenvalue weighted by atomic mass is 16.5. The second-order valence-electron chi connectivity index (χ2n) is 8.01. The lowest BCUT2D eigenvalue weighted by Gasteiger charge is -2.30. The Morgan fingerprint density at radius 1 is 0.969 bits per heavy atom. The molecule has 32 heavy (non-hydrogen) atoms. The second-order valence-corrected chi connectivity index (χ2v) is 8.01. The molecule has 0 unspecified atom stereocenters. The summed E-state index contributed by atoms with van der Waals surface area (Å²) in [7, 11) is 1.62. The average Bonchev–Trinajstić information content (AvgIpc) is 3.34. The van der Waals surface area contributed by atoms with Crippen molar-refractivity contribution < 1.29 is 14.3 Å². The van der Waals surface area contributed by atoms with Crippen LogP contribution in [0.2, 0.25) is 0 Å². The van der Waals surface area contributed by atoms with E-state index in [0.29, 0.717) is 5.69 Å². The average molecular weight is 433 g/mol. The molecule has 0 saturated carbocycles. The molecule has 0 aliphatic carbocycles. The maximum absolute atomic E-state index is 13.5. The first-order valence-corrected chi connectivity index (χ1v) is 10.9. The molecule has 0 atom stereocenters. The normalized spacial score (nSPS) is 13.6. The van der Waals surface area contributed by atoms with Gasteiger partial charge in [0.25, 0.3) is 5.91 Å². The first kappa shape index (κ1) is 21.6. The van der Waals surface area contributed by atoms with Gasteiger partial charge in [-0.15, -0.1) is 0 Å². The molecule has 7 heteroatoms. The summed E-state index contributed by atoms with van der Waals surface area (Å²) in [6.07, 6.45) is 4.91. The fourth-order valence-corrected chi connectivity index (χ4v) is 3.84. The number of piperidine rings is 1. The molecule has 7 nitrogen and oxygen atoms in total. The number of likely N-dealkylation sites (tertiary alicyclic amines) is 1. The SMILES string of the molecule is COc1ccc(-n2ccc(C(=O)N(CC(=O)N3CCCCC3)c3ccc(C)cc3)n2)cc1. The summed E-state index contributed by atoms with van der Waals surface area (Å²) in [4.78, 5) is 29.8. The Morgan fingerprint density at radius 3 is 2.31 bits per heavy atom. The minimum Gasteiger partial charge on any atom is -0.497 e. The molecule has 1 aliphatic heterocycles. The van der Waals surface area contributed by atoms with Crippen LogP contribution in [0.3, 0.4) is 0 Å². The van der Waals surface area contributed by atoms with Gasteiger partial charge in [0.05, 0.1) is 12.8 Å². The number of methoxy groups -OCH3 is 1. The number of anilines is 1. The highest BCUT2D eigenvalue weighted by Crippen LogP contribution is 2.20. The van der Waals surface area contributed by atoms with Crippen LogP contribution in [0.15, 0.2) is 60.8 Å². The fraction of sp³-hybridized carbons (Fsp3) is 0.320. The predicted octanol–water partition coefficient (Wildman–Crippen LogP) is 3.85. The number of nitrogens with zero attached hydrogens (tertiary/aromatic N) is 4. The Bertz CT molecular complexity index is 1070. The van der Waals surface area contributed by atoms with Crippen molar-refractivity contribution in [2.45, 2.75) is 26.2 Å². The van der Waals surface area contributed by atoms with E-state index in [-0.39, 0.29) is 24.1 Å². The van der Waals surface area contributed by atoms with E-state index < -0.39 is 0 Å². The summed E-state index contributed by atoms with van der Waals surface area (Å²) in [6, 6.07) is 16.7. The molecule has 3 aromatic rings. The van der Waals surface area contributed by atoms with E-state index in [1.54, 1.807) is 24.1 Å². The first-order valence-electron chi connectivity index (χ1n) is 10.9. The van der Waals surface area contributed by atoms with Crippen molar-refractivity contribution >= 4 is 17.5 Å². The van der Waals surface area contributed by atoms with Gasteiger partial charge in [0.15, 0.2) is 5.69 Å². The summed E-state index contributed by atoms with van der Waals surface area (Å²) < 4.78 is 6.84. The van der Waals surface area contributed by atoms with Crippen molar-refractivity contribution in [3.8, 4) is 11.4 Å². The third-order valence-corrected chi connectivity index (χ3v) is 5.74. The van der Waals surface area contributed by atoms with Gasteiger partial charge in [-0.1, -0.05) is 17.7 Å². The summed E-state index contributed by atoms with van der Waals surface area (Å²) in [5, 5.41) is 4.48. The minimum atomic E-state index is -0.300. The van der Waals surface area contributed by atoms with E-state index in [1.165, 1.54) is 4.90 Å². The van der Waals surface area contributed by atoms with E-state index >= 15 is 0 Å². The largest absolute Gasteiger partial charge is 0.497 e. The van der Waals surface area contributed by atoms with Crippen LogP contribution in [0.4, 0.5) is 5.69 Å². The standard InChI is InChI=1S/C25H28N4O3/c1-19-6-8-20(9-7-19)28(18-24(30)27-15-4-3-5-16-27)25(31)23-14-17-29(26-23)21-10-12-22(32-2)13-11-21/h6-14,17H,3-5,15-16,18H2,1-2H3. The van der Waals surface area contributed by atoms with E-state index in [9.17, 15) is 9.59 Å². The molecular weight excluding hydrogens is 404 g/mol. The van der Waals surface area contributed by atoms with Crippen LogP contribution < -0.4 is 9.64 Å². The van der Waals surface area contributed by atoms with Gasteiger partial charge in [0.1, 0.15) is 12.3 Å². The van der Waals surface area contributed by atoms with Gasteiger partial charge in [-0.2, -0.15) is 5.10 Å². The Labute approximate surface area is 188 Å². The van der Waals surface area contributed by atoms with Crippen LogP contribution >= 0.6 is 0 Å². The molecule has 0 spiro atoms. The molecule has 2 aromatic carbocycles. The van der Waals surface area contributed by atoms with E-state index in [0.717, 1.165) is 49.4 Å². The molecule has 1 fully saturated rings. The number of hydrogen-bond acceptors (Lipinski definition) is 4. The topological polar surface area (TPSA) is 67.7 Å². The number of benzene rings is 2. The summed E-state index contributed by atoms with van der Waals surface area (Å²) >= 11 is 0. The maximum atomic E-state index is 13.5. The minimum absolute atomic E-state index is 0.00269. The lowest BCUT2D eigenvalue weighted by molar-refractivity contribution is -0.130. The maximum Gasteiger partial charge on any atom is 0.279 e. The van der Waals surface area contributed by atoms with Crippen molar-refractivity contribution in [1.82, 2.24) is 14.7 Å². The van der Waals surface area contributed by atoms with Crippen molar-refractivity contribution in [2.75, 3.05) is 31.6 Å². The van der Waals surface area contributed by atoms with Crippen molar-refractivity contribution in [2.24, 2.45) is 0 Å². The van der Waals surface area contributed by atoms with Gasteiger partial charge in [0, 0.05) is 25.0 Å². The number of carbonyl (C=O) groups is 2. The summed E-state index contributed by atoms with van der Waals surface area (Å²) in [6.45, 7) is 3.49. The zero-order chi connectivity index (χ0) is 22.5. The van der Waals surface area contributed by atoms with Crippen LogP contribution in [0, 0.1) is 6.92 Å². The quantitative estimate of drug-likeness (QED) is 0.593. The van der Waals surface area contributed by atoms with Gasteiger partial charge in [-0.3, -0.25) is 14.5 Å². The monoisotopic (exact) mass is 432 g/mol. The molecule has 1 saturated heterocycles. The molecule has 1 aliphatic rings. The third kappa shape index (κ3) is 4.82. The third-order valence-electron chi connectivity index (χ3n) is 5.74. The van der Waals surface area contributed by atoms with Gasteiger partial charge >= 0.3 is 0 Å². The Balaban J connectivity index is 1.58. The number of hydrogen-bond donors (Lipinski definition) is 0. The predicted molar refractivity (Wildman–Crippen MR) is 123 cm³/mol. The van der Waals surface area contributed by atoms with E-state index in [2.05, 4.69) is 5.10 Å². The van der Waals surface area contributed by atoms with Gasteiger partial charge in [-0.25, -0.2) is 4.68 Å². The van der Waals surface area contributed by atoms with Crippen LogP contribution in [0.25, 0.3) is 5.69 Å². The van der Waals surface area contributed by atoms with Crippen LogP contribution in [0.1, 0.15) is 35.3 Å². The van der Waals surface area contributed by atoms with Gasteiger partial charge in [0.2, 0.25) is 5.91 Å². The molecule has 0 radical (unpaired) electrons. The highest BCUT2D eigenvalue weighted by Gasteiger charge is 2.26. The summed E-state index contributed by atoms with van der Waals surface area (Å²) in [5.41, 5.74) is 2.88. The van der Waals surface area contributed by atoms with Crippen LogP contribution in [-0.4, -0.2) is 53.2 Å². The van der Waals surface area contributed by atoms with Crippen molar-refractivity contribution in [3.63, 3.8) is 0 Å². The Morgan fingerprint density at radius 2 is 1.66 bits per heavy atom. The smallest absolute Gasteiger partial charge is 0.279 e. The van der Waals surface area contributed by atoms with Crippen molar-refractivity contribution in [3.05, 3.63) is 72.1 Å². The zero-order valence-electron chi connectivity index (χ0n) is 18.5. The lowest BCUT2D eigenvalue weighted by Crippen LogP contribution is -2.45. The second kappa shape index (κ2) is 9.68. The zero-order valence-corrected chi connectivity index (χ0v) is 18.5. The van der Waals surface area contributed by atoms with Crippen LogP contribution in [0.5, 0.6) is 5.75 Å². The molecule has 4 rings (SSSR count). The Kier molecular flexibility index (Phi) is 6.54. The van der Waals surface area contributed by atoms with E-state index in [1.807, 2.05) is 60.4 Å². The Hall–Kier alpha value is -3.61. The van der Waals surface area contributed by atoms with E-state index in [4.69, 9.17) is 4.74 Å². The number of carbonyl (C=O) groups excluding carboxylic acids is 2. The van der Waals surface area contributed by atoms with Crippen LogP contribution in [-0.2, 0) is 4.79 Å². The molecular formula is C25H28N4O3. The van der Waals surface area contributed by atoms with Gasteiger partial charge < -0.3 is 9.64 Å². The number of aryl methyl sites for hydroxylation is 1. The molecule has 0 N–H and O–H groups in total. The lowest BCUT2D eigenvalue weighted by atomic mass is 10.1. The number of aromatic nitrogens is 2. The van der Waals surface area contributed by atoms with Crippen molar-refractivity contribution in [1.29, 1.82) is 0 Å². The highest BCUT2D eigenvalue weighted by molar-refractivity contribution is 6.07. The molecule has 2 heterocycles. The molecule has 2 amide bonds. The molecule has 1 aromatic heterocycles. The molecule has 166 valence electrons. The van der Waals surface area contributed by atoms with Gasteiger partial charge in [-0.05, 0) is 68.7 Å².